The molecule has 8 atom stereocenters. The number of aliphatic carboxylic acids is 4. The second kappa shape index (κ2) is 16.2. The van der Waals surface area contributed by atoms with Crippen LogP contribution in [0.4, 0.5) is 0 Å². The van der Waals surface area contributed by atoms with Gasteiger partial charge in [-0.2, -0.15) is 0 Å². The molecule has 8 bridgehead atoms. The highest BCUT2D eigenvalue weighted by Gasteiger charge is 2.39. The first-order valence-electron chi connectivity index (χ1n) is 15.9. The highest BCUT2D eigenvalue weighted by atomic mass is 16.5. The van der Waals surface area contributed by atoms with Gasteiger partial charge in [0.15, 0.2) is 0 Å². The van der Waals surface area contributed by atoms with E-state index in [0.29, 0.717) is 25.7 Å². The van der Waals surface area contributed by atoms with Gasteiger partial charge in [-0.05, 0) is 48.0 Å². The standard InChI is InChI=1S/C36H40O12/c37-29(38)17-45-33-21-5-1-6-22(33)14-24-8-3-10-26(35(24)47-19-31(41)42)16-28-12-4-11-27(36(28)48-20-32(43)44)15-25-9-2-7-23(13-21)34(25)46-18-30(39)40/h1-12,21,24-25,28,33-36H,13-20H2,(H,37,38)(H,39,40)(H,41,42)(H,43,44). The summed E-state index contributed by atoms with van der Waals surface area (Å²) in [7, 11) is 0. The molecule has 4 N–H and O–H groups in total. The van der Waals surface area contributed by atoms with E-state index in [4.69, 9.17) is 18.9 Å². The smallest absolute Gasteiger partial charge is 0.329 e. The van der Waals surface area contributed by atoms with Gasteiger partial charge in [0.25, 0.3) is 0 Å². The Morgan fingerprint density at radius 2 is 0.646 bits per heavy atom. The van der Waals surface area contributed by atoms with E-state index in [1.165, 1.54) is 0 Å². The van der Waals surface area contributed by atoms with Crippen LogP contribution in [0.5, 0.6) is 0 Å². The van der Waals surface area contributed by atoms with Crippen molar-refractivity contribution in [2.45, 2.75) is 50.1 Å². The molecular formula is C36H40O12. The van der Waals surface area contributed by atoms with Crippen molar-refractivity contribution in [3.63, 3.8) is 0 Å². The molecule has 5 aliphatic rings. The van der Waals surface area contributed by atoms with Crippen LogP contribution in [0.2, 0.25) is 0 Å². The van der Waals surface area contributed by atoms with Crippen LogP contribution in [0, 0.1) is 23.7 Å². The summed E-state index contributed by atoms with van der Waals surface area (Å²) in [4.78, 5) is 46.6. The second-order valence-electron chi connectivity index (χ2n) is 12.5. The van der Waals surface area contributed by atoms with Crippen molar-refractivity contribution in [1.29, 1.82) is 0 Å². The third-order valence-corrected chi connectivity index (χ3v) is 9.12. The summed E-state index contributed by atoms with van der Waals surface area (Å²) in [6.45, 7) is -2.12. The normalized spacial score (nSPS) is 30.8. The number of hydrogen-bond donors (Lipinski definition) is 4. The molecule has 0 aliphatic heterocycles. The minimum atomic E-state index is -1.12. The molecule has 0 aromatic heterocycles. The van der Waals surface area contributed by atoms with Crippen LogP contribution in [-0.4, -0.2) is 95.1 Å². The van der Waals surface area contributed by atoms with E-state index in [1.54, 1.807) is 0 Å². The summed E-state index contributed by atoms with van der Waals surface area (Å²) in [5.74, 6) is -5.76. The van der Waals surface area contributed by atoms with E-state index in [1.807, 2.05) is 72.9 Å². The van der Waals surface area contributed by atoms with Crippen molar-refractivity contribution in [2.24, 2.45) is 23.7 Å². The first-order valence-corrected chi connectivity index (χ1v) is 15.9. The van der Waals surface area contributed by atoms with Crippen molar-refractivity contribution < 1.29 is 58.6 Å². The topological polar surface area (TPSA) is 186 Å². The lowest BCUT2D eigenvalue weighted by molar-refractivity contribution is -0.145. The number of carboxylic acid groups (broad SMARTS) is 4. The molecule has 5 rings (SSSR count). The Labute approximate surface area is 277 Å². The number of hydrogen-bond acceptors (Lipinski definition) is 8. The molecule has 0 aromatic rings. The largest absolute Gasteiger partial charge is 0.480 e. The molecule has 0 amide bonds. The third kappa shape index (κ3) is 8.95. The zero-order valence-electron chi connectivity index (χ0n) is 26.3. The molecule has 0 spiro atoms. The van der Waals surface area contributed by atoms with Gasteiger partial charge in [-0.1, -0.05) is 72.9 Å². The van der Waals surface area contributed by atoms with Crippen molar-refractivity contribution in [3.8, 4) is 0 Å². The Morgan fingerprint density at radius 1 is 0.438 bits per heavy atom. The van der Waals surface area contributed by atoms with Crippen LogP contribution in [-0.2, 0) is 38.1 Å². The molecule has 0 saturated heterocycles. The fourth-order valence-electron chi connectivity index (χ4n) is 7.26. The van der Waals surface area contributed by atoms with E-state index in [-0.39, 0.29) is 23.7 Å². The van der Waals surface area contributed by atoms with Gasteiger partial charge >= 0.3 is 23.9 Å². The van der Waals surface area contributed by atoms with Gasteiger partial charge in [0.2, 0.25) is 0 Å². The first kappa shape index (κ1) is 35.0. The van der Waals surface area contributed by atoms with Crippen molar-refractivity contribution in [3.05, 3.63) is 95.2 Å². The van der Waals surface area contributed by atoms with Crippen molar-refractivity contribution in [2.75, 3.05) is 26.4 Å². The lowest BCUT2D eigenvalue weighted by atomic mass is 9.73. The molecule has 0 aromatic carbocycles. The van der Waals surface area contributed by atoms with Gasteiger partial charge in [-0.15, -0.1) is 0 Å². The van der Waals surface area contributed by atoms with Crippen molar-refractivity contribution in [1.82, 2.24) is 0 Å². The minimum Gasteiger partial charge on any atom is -0.480 e. The third-order valence-electron chi connectivity index (χ3n) is 9.12. The Morgan fingerprint density at radius 3 is 0.833 bits per heavy atom. The van der Waals surface area contributed by atoms with Crippen LogP contribution < -0.4 is 0 Å². The van der Waals surface area contributed by atoms with Gasteiger partial charge in [0.05, 0.1) is 24.4 Å². The SMILES string of the molecule is O=C(O)COC1C2=CC=CC1CC1=CC=CC(CC3=CC=CC(CC4=CC=CC(C2)C4OCC(=O)O)C3OCC(=O)O)C1OCC(=O)O. The Kier molecular flexibility index (Phi) is 11.8. The average Bonchev–Trinajstić information content (AvgIpc) is 3.02. The fourth-order valence-corrected chi connectivity index (χ4v) is 7.26. The quantitative estimate of drug-likeness (QED) is 0.236. The van der Waals surface area contributed by atoms with E-state index in [9.17, 15) is 39.6 Å². The highest BCUT2D eigenvalue weighted by Crippen LogP contribution is 2.42. The number of carboxylic acids is 4. The summed E-state index contributed by atoms with van der Waals surface area (Å²) in [6.07, 6.45) is 21.9. The van der Waals surface area contributed by atoms with Gasteiger partial charge in [-0.3, -0.25) is 0 Å². The zero-order chi connectivity index (χ0) is 34.2. The van der Waals surface area contributed by atoms with E-state index >= 15 is 0 Å². The van der Waals surface area contributed by atoms with Crippen LogP contribution in [0.25, 0.3) is 0 Å². The molecule has 48 heavy (non-hydrogen) atoms. The fraction of sp³-hybridized carbons (Fsp3) is 0.444. The molecule has 5 aliphatic carbocycles. The van der Waals surface area contributed by atoms with Crippen LogP contribution >= 0.6 is 0 Å². The molecule has 12 nitrogen and oxygen atoms in total. The minimum absolute atomic E-state index is 0.319. The van der Waals surface area contributed by atoms with Gasteiger partial charge < -0.3 is 39.4 Å². The first-order chi connectivity index (χ1) is 23.1. The molecule has 1 fully saturated rings. The van der Waals surface area contributed by atoms with Crippen LogP contribution in [0.1, 0.15) is 25.7 Å². The number of rotatable bonds is 12. The average molecular weight is 665 g/mol. The monoisotopic (exact) mass is 664 g/mol. The number of allylic oxidation sites excluding steroid dienone is 8. The molecule has 0 heterocycles. The van der Waals surface area contributed by atoms with E-state index < -0.39 is 74.7 Å². The maximum atomic E-state index is 11.6. The Hall–Kier alpha value is -4.36. The predicted molar refractivity (Wildman–Crippen MR) is 171 cm³/mol. The van der Waals surface area contributed by atoms with Gasteiger partial charge in [0.1, 0.15) is 26.4 Å². The summed E-state index contributed by atoms with van der Waals surface area (Å²) >= 11 is 0. The molecule has 12 heteroatoms. The summed E-state index contributed by atoms with van der Waals surface area (Å²) in [6, 6.07) is 0. The summed E-state index contributed by atoms with van der Waals surface area (Å²) in [5, 5.41) is 38.1. The summed E-state index contributed by atoms with van der Waals surface area (Å²) < 4.78 is 24.1. The van der Waals surface area contributed by atoms with E-state index in [2.05, 4.69) is 0 Å². The summed E-state index contributed by atoms with van der Waals surface area (Å²) in [5.41, 5.74) is 3.25. The predicted octanol–water partition coefficient (Wildman–Crippen LogP) is 3.89. The maximum Gasteiger partial charge on any atom is 0.329 e. The molecular weight excluding hydrogens is 624 g/mol. The van der Waals surface area contributed by atoms with Gasteiger partial charge in [0, 0.05) is 23.7 Å². The van der Waals surface area contributed by atoms with Crippen molar-refractivity contribution >= 4 is 23.9 Å². The molecule has 1 saturated carbocycles. The van der Waals surface area contributed by atoms with Gasteiger partial charge in [-0.25, -0.2) is 19.2 Å². The highest BCUT2D eigenvalue weighted by molar-refractivity contribution is 5.69. The van der Waals surface area contributed by atoms with Crippen LogP contribution in [0.15, 0.2) is 95.2 Å². The number of fused-ring (bicyclic) bond motifs is 8. The lowest BCUT2D eigenvalue weighted by Gasteiger charge is -2.39. The molecule has 8 unspecified atom stereocenters. The molecule has 0 radical (unpaired) electrons. The lowest BCUT2D eigenvalue weighted by Crippen LogP contribution is -2.38. The number of ether oxygens (including phenoxy) is 4. The number of carbonyl (C=O) groups is 4. The molecule has 256 valence electrons. The van der Waals surface area contributed by atoms with E-state index in [0.717, 1.165) is 22.3 Å². The Balaban J connectivity index is 1.57. The second-order valence-corrected chi connectivity index (χ2v) is 12.5. The zero-order valence-corrected chi connectivity index (χ0v) is 26.3. The Bertz CT molecular complexity index is 1280. The van der Waals surface area contributed by atoms with Crippen LogP contribution in [0.3, 0.4) is 0 Å². The maximum absolute atomic E-state index is 11.6.